The summed E-state index contributed by atoms with van der Waals surface area (Å²) in [6.07, 6.45) is 8.66. The molecular weight excluding hydrogens is 344 g/mol. The van der Waals surface area contributed by atoms with Crippen molar-refractivity contribution in [3.8, 4) is 0 Å². The molecule has 3 heterocycles. The third kappa shape index (κ3) is 3.77. The van der Waals surface area contributed by atoms with Gasteiger partial charge in [0.05, 0.1) is 0 Å². The Morgan fingerprint density at radius 2 is 2.11 bits per heavy atom. The normalized spacial score (nSPS) is 23.3. The molecule has 3 N–H and O–H groups in total. The number of nitrogens with one attached hydrogen (secondary N) is 1. The molecule has 27 heavy (non-hydrogen) atoms. The number of likely N-dealkylation sites (tertiary alicyclic amines) is 1. The molecule has 2 aliphatic heterocycles. The zero-order chi connectivity index (χ0) is 18.3. The van der Waals surface area contributed by atoms with E-state index < -0.39 is 0 Å². The molecule has 0 aromatic carbocycles. The molecule has 142 valence electrons. The second kappa shape index (κ2) is 7.34. The van der Waals surface area contributed by atoms with Crippen molar-refractivity contribution >= 4 is 29.6 Å². The lowest BCUT2D eigenvalue weighted by Crippen LogP contribution is -2.28. The van der Waals surface area contributed by atoms with Gasteiger partial charge in [0.15, 0.2) is 0 Å². The maximum Gasteiger partial charge on any atom is 0.246 e. The van der Waals surface area contributed by atoms with Gasteiger partial charge in [-0.25, -0.2) is 4.98 Å². The fourth-order valence-electron chi connectivity index (χ4n) is 3.91. The molecular formula is C20H24N4O3. The number of hydrogen-bond donors (Lipinski definition) is 2. The molecule has 7 heteroatoms. The Morgan fingerprint density at radius 3 is 2.85 bits per heavy atom. The first-order valence-electron chi connectivity index (χ1n) is 8.76. The van der Waals surface area contributed by atoms with Gasteiger partial charge in [0.1, 0.15) is 5.82 Å². The van der Waals surface area contributed by atoms with Crippen molar-refractivity contribution in [2.24, 2.45) is 17.6 Å². The monoisotopic (exact) mass is 368 g/mol. The maximum absolute atomic E-state index is 12.4. The van der Waals surface area contributed by atoms with Crippen molar-refractivity contribution in [1.82, 2.24) is 9.88 Å². The minimum atomic E-state index is -0.353. The highest BCUT2D eigenvalue weighted by Gasteiger charge is 2.38. The van der Waals surface area contributed by atoms with E-state index in [2.05, 4.69) is 10.3 Å². The Hall–Kier alpha value is -2.96. The number of rotatable bonds is 3. The van der Waals surface area contributed by atoms with Crippen molar-refractivity contribution in [3.63, 3.8) is 0 Å². The third-order valence-electron chi connectivity index (χ3n) is 5.30. The number of fused-ring (bicyclic) bond motifs is 2. The summed E-state index contributed by atoms with van der Waals surface area (Å²) in [5, 5.41) is 2.74. The van der Waals surface area contributed by atoms with Gasteiger partial charge in [-0.15, -0.1) is 0 Å². The lowest BCUT2D eigenvalue weighted by atomic mass is 10.00. The summed E-state index contributed by atoms with van der Waals surface area (Å²) in [4.78, 5) is 41.1. The van der Waals surface area contributed by atoms with Gasteiger partial charge in [-0.05, 0) is 42.0 Å². The van der Waals surface area contributed by atoms with Gasteiger partial charge in [0.2, 0.25) is 17.7 Å². The molecule has 3 aliphatic rings. The van der Waals surface area contributed by atoms with Gasteiger partial charge >= 0.3 is 0 Å². The van der Waals surface area contributed by atoms with E-state index in [1.165, 1.54) is 0 Å². The molecule has 7 nitrogen and oxygen atoms in total. The molecule has 2 unspecified atom stereocenters. The predicted molar refractivity (Wildman–Crippen MR) is 102 cm³/mol. The number of nitrogens with two attached hydrogens (primary N) is 1. The van der Waals surface area contributed by atoms with Gasteiger partial charge in [0.25, 0.3) is 0 Å². The summed E-state index contributed by atoms with van der Waals surface area (Å²) in [7, 11) is 0. The molecule has 1 aromatic heterocycles. The highest BCUT2D eigenvalue weighted by Crippen LogP contribution is 2.36. The number of aryl methyl sites for hydroxylation is 1. The van der Waals surface area contributed by atoms with Crippen LogP contribution in [0.2, 0.25) is 0 Å². The molecule has 0 bridgehead atoms. The average Bonchev–Trinajstić information content (AvgIpc) is 3.18. The quantitative estimate of drug-likeness (QED) is 0.789. The van der Waals surface area contributed by atoms with Crippen molar-refractivity contribution in [2.75, 3.05) is 18.4 Å². The number of hydrogen-bond acceptors (Lipinski definition) is 4. The van der Waals surface area contributed by atoms with E-state index in [0.717, 1.165) is 11.1 Å². The first kappa shape index (κ1) is 18.8. The molecule has 0 radical (unpaired) electrons. The first-order valence-corrected chi connectivity index (χ1v) is 8.76. The Morgan fingerprint density at radius 1 is 1.30 bits per heavy atom. The number of aromatic nitrogens is 1. The van der Waals surface area contributed by atoms with Gasteiger partial charge < -0.3 is 16.0 Å². The van der Waals surface area contributed by atoms with E-state index in [1.54, 1.807) is 18.3 Å². The van der Waals surface area contributed by atoms with Gasteiger partial charge in [-0.3, -0.25) is 14.4 Å². The molecule has 0 saturated carbocycles. The summed E-state index contributed by atoms with van der Waals surface area (Å²) in [5.41, 5.74) is 7.85. The molecule has 1 fully saturated rings. The standard InChI is InChI=1S/C19H20N4O3.CH4/c20-18(26)13-6-14-9-23(10-15(14)7-13)17(25)4-1-11-5-12-2-3-16(24)22-19(12)21-8-11;/h1,4-6,8,14-15H,2-3,7,9-10H2,(H2,20,26)(H,21,22,24);1H4/b4-1+;. The summed E-state index contributed by atoms with van der Waals surface area (Å²) in [5.74, 6) is 0.714. The number of amides is 3. The highest BCUT2D eigenvalue weighted by molar-refractivity contribution is 5.94. The molecule has 4 rings (SSSR count). The molecule has 2 atom stereocenters. The number of primary amides is 1. The summed E-state index contributed by atoms with van der Waals surface area (Å²) < 4.78 is 0. The van der Waals surface area contributed by atoms with E-state index in [1.807, 2.05) is 17.0 Å². The number of carbonyl (C=O) groups excluding carboxylic acids is 3. The SMILES string of the molecule is C.NC(=O)C1=CC2CN(C(=O)/C=C/c3cnc4c(c3)CCC(=O)N4)CC2C1. The fraction of sp³-hybridized carbons (Fsp3) is 0.400. The number of nitrogens with zero attached hydrogens (tertiary/aromatic N) is 2. The van der Waals surface area contributed by atoms with Gasteiger partial charge in [-0.2, -0.15) is 0 Å². The van der Waals surface area contributed by atoms with Crippen LogP contribution in [0.1, 0.15) is 31.4 Å². The van der Waals surface area contributed by atoms with E-state index in [9.17, 15) is 14.4 Å². The Balaban J connectivity index is 0.00000210. The van der Waals surface area contributed by atoms with Crippen molar-refractivity contribution in [1.29, 1.82) is 0 Å². The van der Waals surface area contributed by atoms with Crippen LogP contribution in [0.15, 0.2) is 30.0 Å². The molecule has 1 aromatic rings. The predicted octanol–water partition coefficient (Wildman–Crippen LogP) is 1.51. The van der Waals surface area contributed by atoms with Crippen LogP contribution >= 0.6 is 0 Å². The van der Waals surface area contributed by atoms with Crippen molar-refractivity contribution in [2.45, 2.75) is 26.7 Å². The second-order valence-corrected chi connectivity index (χ2v) is 7.09. The van der Waals surface area contributed by atoms with Crippen LogP contribution in [0.3, 0.4) is 0 Å². The van der Waals surface area contributed by atoms with Crippen LogP contribution < -0.4 is 11.1 Å². The second-order valence-electron chi connectivity index (χ2n) is 7.09. The fourth-order valence-corrected chi connectivity index (χ4v) is 3.91. The zero-order valence-electron chi connectivity index (χ0n) is 14.3. The van der Waals surface area contributed by atoms with E-state index in [0.29, 0.717) is 49.7 Å². The smallest absolute Gasteiger partial charge is 0.246 e. The van der Waals surface area contributed by atoms with E-state index in [-0.39, 0.29) is 31.1 Å². The summed E-state index contributed by atoms with van der Waals surface area (Å²) >= 11 is 0. The Labute approximate surface area is 158 Å². The highest BCUT2D eigenvalue weighted by atomic mass is 16.2. The largest absolute Gasteiger partial charge is 0.366 e. The molecule has 1 saturated heterocycles. The lowest BCUT2D eigenvalue weighted by molar-refractivity contribution is -0.125. The van der Waals surface area contributed by atoms with E-state index >= 15 is 0 Å². The number of pyridine rings is 1. The average molecular weight is 368 g/mol. The van der Waals surface area contributed by atoms with E-state index in [4.69, 9.17) is 5.73 Å². The Bertz CT molecular complexity index is 859. The summed E-state index contributed by atoms with van der Waals surface area (Å²) in [6.45, 7) is 1.27. The lowest BCUT2D eigenvalue weighted by Gasteiger charge is -2.16. The topological polar surface area (TPSA) is 105 Å². The van der Waals surface area contributed by atoms with Crippen LogP contribution in [0, 0.1) is 11.8 Å². The molecule has 3 amide bonds. The van der Waals surface area contributed by atoms with Crippen LogP contribution in [-0.2, 0) is 20.8 Å². The van der Waals surface area contributed by atoms with Crippen LogP contribution in [-0.4, -0.2) is 40.7 Å². The molecule has 1 aliphatic carbocycles. The van der Waals surface area contributed by atoms with Crippen LogP contribution in [0.5, 0.6) is 0 Å². The maximum atomic E-state index is 12.4. The minimum absolute atomic E-state index is 0. The Kier molecular flexibility index (Phi) is 5.12. The van der Waals surface area contributed by atoms with Crippen molar-refractivity contribution < 1.29 is 14.4 Å². The van der Waals surface area contributed by atoms with Gasteiger partial charge in [0, 0.05) is 43.3 Å². The third-order valence-corrected chi connectivity index (χ3v) is 5.30. The number of carbonyl (C=O) groups is 3. The van der Waals surface area contributed by atoms with Crippen LogP contribution in [0.25, 0.3) is 6.08 Å². The van der Waals surface area contributed by atoms with Gasteiger partial charge in [-0.1, -0.05) is 13.5 Å². The van der Waals surface area contributed by atoms with Crippen molar-refractivity contribution in [3.05, 3.63) is 41.1 Å². The summed E-state index contributed by atoms with van der Waals surface area (Å²) in [6, 6.07) is 1.95. The minimum Gasteiger partial charge on any atom is -0.366 e. The van der Waals surface area contributed by atoms with Crippen LogP contribution in [0.4, 0.5) is 5.82 Å². The number of anilines is 1. The zero-order valence-corrected chi connectivity index (χ0v) is 14.3. The first-order chi connectivity index (χ1) is 12.5. The molecule has 0 spiro atoms.